The quantitative estimate of drug-likeness (QED) is 0.876. The molecule has 2 aliphatic carbocycles. The summed E-state index contributed by atoms with van der Waals surface area (Å²) in [5, 5.41) is 3.30. The molecule has 144 valence electrons. The van der Waals surface area contributed by atoms with Gasteiger partial charge in [-0.05, 0) is 51.4 Å². The van der Waals surface area contributed by atoms with Crippen molar-refractivity contribution in [1.29, 1.82) is 0 Å². The lowest BCUT2D eigenvalue weighted by molar-refractivity contribution is 0.153. The summed E-state index contributed by atoms with van der Waals surface area (Å²) >= 11 is 0. The number of likely N-dealkylation sites (tertiary alicyclic amines) is 1. The largest absolute Gasteiger partial charge is 0.335 e. The average Bonchev–Trinajstić information content (AvgIpc) is 2.95. The molecule has 1 aromatic rings. The number of carbonyl (C=O) groups is 1. The summed E-state index contributed by atoms with van der Waals surface area (Å²) in [6, 6.07) is 0.570. The van der Waals surface area contributed by atoms with Crippen LogP contribution in [0.25, 0.3) is 0 Å². The molecule has 0 bridgehead atoms. The predicted molar refractivity (Wildman–Crippen MR) is 103 cm³/mol. The van der Waals surface area contributed by atoms with E-state index in [1.807, 2.05) is 6.20 Å². The number of hydrogen-bond acceptors (Lipinski definition) is 2. The molecule has 0 radical (unpaired) electrons. The van der Waals surface area contributed by atoms with Crippen LogP contribution in [0.2, 0.25) is 0 Å². The molecular weight excluding hydrogens is 324 g/mol. The zero-order chi connectivity index (χ0) is 17.9. The fourth-order valence-corrected chi connectivity index (χ4v) is 4.88. The Labute approximate surface area is 157 Å². The zero-order valence-corrected chi connectivity index (χ0v) is 16.3. The van der Waals surface area contributed by atoms with E-state index in [0.29, 0.717) is 17.9 Å². The van der Waals surface area contributed by atoms with Gasteiger partial charge in [0.25, 0.3) is 0 Å². The van der Waals surface area contributed by atoms with Crippen LogP contribution in [0.1, 0.15) is 81.6 Å². The fraction of sp³-hybridized carbons (Fsp3) is 0.810. The van der Waals surface area contributed by atoms with Crippen molar-refractivity contribution >= 4 is 6.03 Å². The van der Waals surface area contributed by atoms with E-state index in [4.69, 9.17) is 4.98 Å². The van der Waals surface area contributed by atoms with Gasteiger partial charge in [0.05, 0.1) is 0 Å². The van der Waals surface area contributed by atoms with Crippen LogP contribution in [-0.4, -0.2) is 39.6 Å². The van der Waals surface area contributed by atoms with Gasteiger partial charge >= 0.3 is 6.03 Å². The van der Waals surface area contributed by atoms with E-state index in [9.17, 15) is 4.79 Å². The van der Waals surface area contributed by atoms with Crippen molar-refractivity contribution in [2.24, 2.45) is 5.92 Å². The highest BCUT2D eigenvalue weighted by Crippen LogP contribution is 2.36. The Hall–Kier alpha value is -1.52. The van der Waals surface area contributed by atoms with Crippen LogP contribution in [-0.2, 0) is 6.54 Å². The van der Waals surface area contributed by atoms with Gasteiger partial charge in [-0.1, -0.05) is 25.7 Å². The fourth-order valence-electron chi connectivity index (χ4n) is 4.88. The lowest BCUT2D eigenvalue weighted by atomic mass is 9.84. The predicted octanol–water partition coefficient (Wildman–Crippen LogP) is 4.21. The zero-order valence-electron chi connectivity index (χ0n) is 16.3. The number of nitrogens with zero attached hydrogens (tertiary/aromatic N) is 3. The summed E-state index contributed by atoms with van der Waals surface area (Å²) < 4.78 is 2.44. The van der Waals surface area contributed by atoms with E-state index >= 15 is 0 Å². The maximum absolute atomic E-state index is 12.7. The number of nitrogens with one attached hydrogen (secondary N) is 1. The number of aryl methyl sites for hydroxylation is 1. The molecule has 1 aromatic heterocycles. The van der Waals surface area contributed by atoms with Crippen LogP contribution in [0.5, 0.6) is 0 Å². The van der Waals surface area contributed by atoms with E-state index in [0.717, 1.165) is 38.9 Å². The monoisotopic (exact) mass is 358 g/mol. The van der Waals surface area contributed by atoms with Crippen LogP contribution >= 0.6 is 0 Å². The molecule has 26 heavy (non-hydrogen) atoms. The van der Waals surface area contributed by atoms with Crippen molar-refractivity contribution in [1.82, 2.24) is 19.8 Å². The average molecular weight is 359 g/mol. The van der Waals surface area contributed by atoms with Gasteiger partial charge in [0, 0.05) is 43.5 Å². The first-order valence-corrected chi connectivity index (χ1v) is 10.8. The molecule has 5 heteroatoms. The molecule has 0 spiro atoms. The molecule has 3 fully saturated rings. The lowest BCUT2D eigenvalue weighted by Gasteiger charge is -2.35. The van der Waals surface area contributed by atoms with Crippen LogP contribution in [0.15, 0.2) is 6.20 Å². The van der Waals surface area contributed by atoms with Gasteiger partial charge in [0.1, 0.15) is 5.82 Å². The van der Waals surface area contributed by atoms with Gasteiger partial charge in [-0.15, -0.1) is 0 Å². The number of aromatic nitrogens is 2. The van der Waals surface area contributed by atoms with Gasteiger partial charge in [-0.3, -0.25) is 0 Å². The first kappa shape index (κ1) is 17.9. The molecule has 1 atom stereocenters. The third-order valence-corrected chi connectivity index (χ3v) is 6.74. The second kappa shape index (κ2) is 8.01. The number of carbonyl (C=O) groups excluding carboxylic acids is 1. The van der Waals surface area contributed by atoms with Gasteiger partial charge in [0.15, 0.2) is 0 Å². The highest BCUT2D eigenvalue weighted by atomic mass is 16.2. The van der Waals surface area contributed by atoms with Crippen LogP contribution < -0.4 is 5.32 Å². The molecule has 1 saturated heterocycles. The Morgan fingerprint density at radius 3 is 2.65 bits per heavy atom. The minimum Gasteiger partial charge on any atom is -0.335 e. The number of hydrogen-bond donors (Lipinski definition) is 1. The third-order valence-electron chi connectivity index (χ3n) is 6.74. The Kier molecular flexibility index (Phi) is 5.51. The molecule has 3 aliphatic rings. The Morgan fingerprint density at radius 1 is 1.12 bits per heavy atom. The number of rotatable bonds is 4. The van der Waals surface area contributed by atoms with Gasteiger partial charge in [-0.2, -0.15) is 0 Å². The van der Waals surface area contributed by atoms with Crippen molar-refractivity contribution in [3.63, 3.8) is 0 Å². The smallest absolute Gasteiger partial charge is 0.317 e. The standard InChI is InChI=1S/C21H34N4O/c1-16-13-22-20(18-8-5-9-18)25(16)15-17-7-6-12-24(14-17)21(26)23-19-10-3-2-4-11-19/h13,17-19H,2-12,14-15H2,1H3,(H,23,26). The van der Waals surface area contributed by atoms with Gasteiger partial charge in [0.2, 0.25) is 0 Å². The second-order valence-electron chi connectivity index (χ2n) is 8.73. The maximum atomic E-state index is 12.7. The molecule has 4 rings (SSSR count). The SMILES string of the molecule is Cc1cnc(C2CCC2)n1CC1CCCN(C(=O)NC2CCCCC2)C1. The van der Waals surface area contributed by atoms with E-state index in [-0.39, 0.29) is 6.03 Å². The maximum Gasteiger partial charge on any atom is 0.317 e. The highest BCUT2D eigenvalue weighted by Gasteiger charge is 2.29. The highest BCUT2D eigenvalue weighted by molar-refractivity contribution is 5.74. The minimum atomic E-state index is 0.170. The molecule has 5 nitrogen and oxygen atoms in total. The molecule has 2 saturated carbocycles. The summed E-state index contributed by atoms with van der Waals surface area (Å²) in [5.41, 5.74) is 1.27. The van der Waals surface area contributed by atoms with E-state index < -0.39 is 0 Å². The lowest BCUT2D eigenvalue weighted by Crippen LogP contribution is -2.49. The number of imidazole rings is 1. The summed E-state index contributed by atoms with van der Waals surface area (Å²) in [4.78, 5) is 19.5. The van der Waals surface area contributed by atoms with Crippen molar-refractivity contribution in [3.8, 4) is 0 Å². The molecular formula is C21H34N4O. The first-order valence-electron chi connectivity index (χ1n) is 10.8. The number of urea groups is 1. The molecule has 1 N–H and O–H groups in total. The second-order valence-corrected chi connectivity index (χ2v) is 8.73. The van der Waals surface area contributed by atoms with Gasteiger partial charge < -0.3 is 14.8 Å². The normalized spacial score (nSPS) is 25.1. The van der Waals surface area contributed by atoms with Crippen molar-refractivity contribution < 1.29 is 4.79 Å². The first-order chi connectivity index (χ1) is 12.7. The van der Waals surface area contributed by atoms with Crippen molar-refractivity contribution in [2.75, 3.05) is 13.1 Å². The van der Waals surface area contributed by atoms with E-state index in [2.05, 4.69) is 21.7 Å². The number of piperidine rings is 1. The van der Waals surface area contributed by atoms with E-state index in [1.54, 1.807) is 0 Å². The Morgan fingerprint density at radius 2 is 1.92 bits per heavy atom. The molecule has 1 unspecified atom stereocenters. The molecule has 2 amide bonds. The molecule has 2 heterocycles. The Bertz CT molecular complexity index is 616. The molecule has 1 aliphatic heterocycles. The van der Waals surface area contributed by atoms with Crippen molar-refractivity contribution in [2.45, 2.75) is 89.6 Å². The van der Waals surface area contributed by atoms with Crippen LogP contribution in [0, 0.1) is 12.8 Å². The molecule has 0 aromatic carbocycles. The topological polar surface area (TPSA) is 50.2 Å². The summed E-state index contributed by atoms with van der Waals surface area (Å²) in [6.45, 7) is 4.99. The Balaban J connectivity index is 1.35. The van der Waals surface area contributed by atoms with Gasteiger partial charge in [-0.25, -0.2) is 9.78 Å². The number of amides is 2. The minimum absolute atomic E-state index is 0.170. The van der Waals surface area contributed by atoms with Crippen molar-refractivity contribution in [3.05, 3.63) is 17.7 Å². The van der Waals surface area contributed by atoms with Crippen LogP contribution in [0.3, 0.4) is 0 Å². The summed E-state index contributed by atoms with van der Waals surface area (Å²) in [7, 11) is 0. The van der Waals surface area contributed by atoms with Crippen LogP contribution in [0.4, 0.5) is 4.79 Å². The summed E-state index contributed by atoms with van der Waals surface area (Å²) in [6.07, 6.45) is 14.4. The van der Waals surface area contributed by atoms with E-state index in [1.165, 1.54) is 56.5 Å². The third kappa shape index (κ3) is 3.91. The summed E-state index contributed by atoms with van der Waals surface area (Å²) in [5.74, 6) is 2.50.